The van der Waals surface area contributed by atoms with Gasteiger partial charge in [0, 0.05) is 16.8 Å². The highest BCUT2D eigenvalue weighted by atomic mass is 35.5. The number of aromatic nitrogens is 1. The van der Waals surface area contributed by atoms with Gasteiger partial charge >= 0.3 is 0 Å². The summed E-state index contributed by atoms with van der Waals surface area (Å²) in [5, 5.41) is 3.16. The number of rotatable bonds is 6. The van der Waals surface area contributed by atoms with Crippen LogP contribution in [0.5, 0.6) is 5.88 Å². The zero-order chi connectivity index (χ0) is 17.5. The molecule has 2 rings (SSSR count). The molecule has 0 atom stereocenters. The second kappa shape index (κ2) is 9.18. The Morgan fingerprint density at radius 2 is 2.00 bits per heavy atom. The van der Waals surface area contributed by atoms with E-state index in [4.69, 9.17) is 39.5 Å². The van der Waals surface area contributed by atoms with Gasteiger partial charge in [-0.3, -0.25) is 4.79 Å². The number of hydrogen-bond acceptors (Lipinski definition) is 4. The van der Waals surface area contributed by atoms with Gasteiger partial charge in [0.05, 0.1) is 23.4 Å². The molecular weight excluding hydrogens is 391 g/mol. The molecule has 4 nitrogen and oxygen atoms in total. The van der Waals surface area contributed by atoms with Crippen LogP contribution in [0, 0.1) is 0 Å². The minimum Gasteiger partial charge on any atom is -0.481 e. The van der Waals surface area contributed by atoms with E-state index < -0.39 is 5.91 Å². The number of ether oxygens (including phenoxy) is 1. The number of methoxy groups -OCH3 is 1. The number of halogens is 3. The van der Waals surface area contributed by atoms with Crippen molar-refractivity contribution >= 4 is 58.2 Å². The fourth-order valence-electron chi connectivity index (χ4n) is 1.67. The highest BCUT2D eigenvalue weighted by molar-refractivity contribution is 8.03. The normalized spacial score (nSPS) is 11.7. The van der Waals surface area contributed by atoms with E-state index in [0.29, 0.717) is 22.3 Å². The smallest absolute Gasteiger partial charge is 0.269 e. The van der Waals surface area contributed by atoms with E-state index in [2.05, 4.69) is 10.3 Å². The van der Waals surface area contributed by atoms with Crippen LogP contribution in [-0.4, -0.2) is 18.0 Å². The van der Waals surface area contributed by atoms with Gasteiger partial charge in [0.1, 0.15) is 5.03 Å². The Morgan fingerprint density at radius 1 is 1.25 bits per heavy atom. The monoisotopic (exact) mass is 402 g/mol. The van der Waals surface area contributed by atoms with Crippen molar-refractivity contribution in [2.24, 2.45) is 0 Å². The Balaban J connectivity index is 1.99. The lowest BCUT2D eigenvalue weighted by atomic mass is 10.2. The molecule has 126 valence electrons. The van der Waals surface area contributed by atoms with Gasteiger partial charge in [0.15, 0.2) is 0 Å². The number of anilines is 1. The third-order valence-corrected chi connectivity index (χ3v) is 5.25. The van der Waals surface area contributed by atoms with E-state index in [1.807, 2.05) is 18.2 Å². The van der Waals surface area contributed by atoms with E-state index in [0.717, 1.165) is 5.56 Å². The van der Waals surface area contributed by atoms with Gasteiger partial charge in [0.2, 0.25) is 5.88 Å². The summed E-state index contributed by atoms with van der Waals surface area (Å²) in [7, 11) is 1.51. The SMILES string of the molecule is COc1ccc(NC(=O)/C(Cl)=C(/Cl)SCc2ccccc2Cl)cn1. The van der Waals surface area contributed by atoms with Crippen LogP contribution in [0.4, 0.5) is 5.69 Å². The van der Waals surface area contributed by atoms with Crippen molar-refractivity contribution in [1.82, 2.24) is 4.98 Å². The maximum atomic E-state index is 12.1. The van der Waals surface area contributed by atoms with Gasteiger partial charge in [-0.15, -0.1) is 11.8 Å². The summed E-state index contributed by atoms with van der Waals surface area (Å²) in [6.07, 6.45) is 1.46. The number of nitrogens with one attached hydrogen (secondary N) is 1. The Bertz CT molecular complexity index is 751. The summed E-state index contributed by atoms with van der Waals surface area (Å²) in [4.78, 5) is 16.1. The van der Waals surface area contributed by atoms with Gasteiger partial charge in [-0.2, -0.15) is 0 Å². The molecule has 2 aromatic rings. The minimum atomic E-state index is -0.514. The molecule has 1 aromatic heterocycles. The molecule has 0 saturated carbocycles. The standard InChI is InChI=1S/C16H13Cl3N2O2S/c1-23-13-7-6-11(8-20-13)21-16(22)14(18)15(19)24-9-10-4-2-3-5-12(10)17/h2-8H,9H2,1H3,(H,21,22)/b15-14+. The van der Waals surface area contributed by atoms with Crippen LogP contribution in [0.25, 0.3) is 0 Å². The molecule has 0 aliphatic rings. The molecule has 1 N–H and O–H groups in total. The lowest BCUT2D eigenvalue weighted by Crippen LogP contribution is -2.12. The Morgan fingerprint density at radius 3 is 2.62 bits per heavy atom. The van der Waals surface area contributed by atoms with E-state index in [1.54, 1.807) is 18.2 Å². The Hall–Kier alpha value is -1.40. The number of amides is 1. The van der Waals surface area contributed by atoms with Crippen LogP contribution < -0.4 is 10.1 Å². The van der Waals surface area contributed by atoms with Crippen molar-refractivity contribution < 1.29 is 9.53 Å². The summed E-state index contributed by atoms with van der Waals surface area (Å²) in [5.41, 5.74) is 1.39. The number of nitrogens with zero attached hydrogens (tertiary/aromatic N) is 1. The Labute approximate surface area is 159 Å². The number of pyridine rings is 1. The molecule has 0 fully saturated rings. The number of thioether (sulfide) groups is 1. The second-order valence-corrected chi connectivity index (χ2v) is 6.88. The van der Waals surface area contributed by atoms with E-state index in [-0.39, 0.29) is 9.40 Å². The van der Waals surface area contributed by atoms with Crippen molar-refractivity contribution in [3.63, 3.8) is 0 Å². The average molecular weight is 404 g/mol. The maximum Gasteiger partial charge on any atom is 0.269 e. The highest BCUT2D eigenvalue weighted by Crippen LogP contribution is 2.32. The molecule has 0 saturated heterocycles. The maximum absolute atomic E-state index is 12.1. The largest absolute Gasteiger partial charge is 0.481 e. The first kappa shape index (κ1) is 18.9. The van der Waals surface area contributed by atoms with E-state index >= 15 is 0 Å². The first-order valence-electron chi connectivity index (χ1n) is 6.74. The van der Waals surface area contributed by atoms with Crippen molar-refractivity contribution in [2.45, 2.75) is 5.75 Å². The lowest BCUT2D eigenvalue weighted by molar-refractivity contribution is -0.112. The summed E-state index contributed by atoms with van der Waals surface area (Å²) < 4.78 is 5.14. The molecule has 1 aromatic carbocycles. The molecule has 0 spiro atoms. The molecule has 0 aliphatic carbocycles. The minimum absolute atomic E-state index is 0.0930. The van der Waals surface area contributed by atoms with Crippen LogP contribution in [0.2, 0.25) is 5.02 Å². The van der Waals surface area contributed by atoms with Gasteiger partial charge in [0.25, 0.3) is 5.91 Å². The third kappa shape index (κ3) is 5.31. The average Bonchev–Trinajstić information content (AvgIpc) is 2.60. The van der Waals surface area contributed by atoms with E-state index in [9.17, 15) is 4.79 Å². The molecule has 8 heteroatoms. The quantitative estimate of drug-likeness (QED) is 0.668. The third-order valence-electron chi connectivity index (χ3n) is 2.89. The van der Waals surface area contributed by atoms with Crippen molar-refractivity contribution in [3.8, 4) is 5.88 Å². The Kier molecular flexibility index (Phi) is 7.24. The number of hydrogen-bond donors (Lipinski definition) is 1. The summed E-state index contributed by atoms with van der Waals surface area (Å²) in [6, 6.07) is 10.7. The molecule has 1 heterocycles. The zero-order valence-corrected chi connectivity index (χ0v) is 15.6. The van der Waals surface area contributed by atoms with Crippen LogP contribution >= 0.6 is 46.6 Å². The number of benzene rings is 1. The van der Waals surface area contributed by atoms with Gasteiger partial charge in [-0.25, -0.2) is 4.98 Å². The zero-order valence-electron chi connectivity index (χ0n) is 12.6. The van der Waals surface area contributed by atoms with Gasteiger partial charge in [-0.1, -0.05) is 53.0 Å². The predicted octanol–water partition coefficient (Wildman–Crippen LogP) is 5.26. The first-order chi connectivity index (χ1) is 11.5. The molecule has 0 bridgehead atoms. The number of carbonyl (C=O) groups is 1. The van der Waals surface area contributed by atoms with Crippen molar-refractivity contribution in [3.05, 3.63) is 62.6 Å². The predicted molar refractivity (Wildman–Crippen MR) is 101 cm³/mol. The molecule has 0 aliphatic heterocycles. The van der Waals surface area contributed by atoms with Crippen molar-refractivity contribution in [1.29, 1.82) is 0 Å². The topological polar surface area (TPSA) is 51.2 Å². The van der Waals surface area contributed by atoms with Crippen molar-refractivity contribution in [2.75, 3.05) is 12.4 Å². The van der Waals surface area contributed by atoms with Gasteiger partial charge < -0.3 is 10.1 Å². The lowest BCUT2D eigenvalue weighted by Gasteiger charge is -2.07. The van der Waals surface area contributed by atoms with Crippen LogP contribution in [0.1, 0.15) is 5.56 Å². The van der Waals surface area contributed by atoms with E-state index in [1.165, 1.54) is 25.1 Å². The number of carbonyl (C=O) groups excluding carboxylic acids is 1. The molecule has 24 heavy (non-hydrogen) atoms. The first-order valence-corrected chi connectivity index (χ1v) is 8.86. The molecular formula is C16H13Cl3N2O2S. The summed E-state index contributed by atoms with van der Waals surface area (Å²) in [6.45, 7) is 0. The molecule has 1 amide bonds. The fraction of sp³-hybridized carbons (Fsp3) is 0.125. The van der Waals surface area contributed by atoms with Crippen LogP contribution in [0.15, 0.2) is 52.0 Å². The van der Waals surface area contributed by atoms with Gasteiger partial charge in [-0.05, 0) is 17.7 Å². The summed E-state index contributed by atoms with van der Waals surface area (Å²) in [5.74, 6) is 0.440. The molecule has 0 unspecified atom stereocenters. The van der Waals surface area contributed by atoms with Crippen LogP contribution in [0.3, 0.4) is 0 Å². The fourth-order valence-corrected chi connectivity index (χ4v) is 3.17. The van der Waals surface area contributed by atoms with Crippen LogP contribution in [-0.2, 0) is 10.5 Å². The second-order valence-electron chi connectivity index (χ2n) is 4.51. The summed E-state index contributed by atoms with van der Waals surface area (Å²) >= 11 is 19.5. The molecule has 0 radical (unpaired) electrons. The highest BCUT2D eigenvalue weighted by Gasteiger charge is 2.14.